The van der Waals surface area contributed by atoms with Crippen LogP contribution in [0.25, 0.3) is 11.3 Å². The van der Waals surface area contributed by atoms with Crippen LogP contribution in [0, 0.1) is 6.92 Å². The quantitative estimate of drug-likeness (QED) is 0.268. The molecular weight excluding hydrogens is 544 g/mol. The first-order chi connectivity index (χ1) is 18.2. The molecule has 2 aromatic heterocycles. The summed E-state index contributed by atoms with van der Waals surface area (Å²) in [7, 11) is -2.02. The molecule has 8 nitrogen and oxygen atoms in total. The average molecular weight is 569 g/mol. The van der Waals surface area contributed by atoms with Crippen molar-refractivity contribution in [3.05, 3.63) is 95.0 Å². The number of pyridine rings is 1. The van der Waals surface area contributed by atoms with Gasteiger partial charge in [-0.25, -0.2) is 8.42 Å². The maximum absolute atomic E-state index is 11.8. The number of ether oxygens (including phenoxy) is 1. The third-order valence-corrected chi connectivity index (χ3v) is 7.62. The Morgan fingerprint density at radius 2 is 1.95 bits per heavy atom. The molecule has 196 valence electrons. The summed E-state index contributed by atoms with van der Waals surface area (Å²) in [4.78, 5) is 6.49. The summed E-state index contributed by atoms with van der Waals surface area (Å²) in [5.74, 6) is 1.70. The molecule has 1 aliphatic rings. The zero-order valence-corrected chi connectivity index (χ0v) is 23.2. The molecule has 0 aliphatic carbocycles. The van der Waals surface area contributed by atoms with Crippen LogP contribution in [-0.4, -0.2) is 31.9 Å². The van der Waals surface area contributed by atoms with Crippen LogP contribution in [0.1, 0.15) is 29.1 Å². The van der Waals surface area contributed by atoms with Crippen molar-refractivity contribution in [3.8, 4) is 17.1 Å². The highest BCUT2D eigenvalue weighted by atomic mass is 35.5. The molecule has 1 saturated heterocycles. The summed E-state index contributed by atoms with van der Waals surface area (Å²) in [6, 6.07) is 19.7. The molecule has 5 rings (SSSR count). The zero-order chi connectivity index (χ0) is 27.0. The SMILES string of the molecule is COc1cc(N2C(=S)N[C@@H](c3ccccn3)[C@H]2c2ccc(-c3cccc(Cl)c3C)o2)ccc1NS(C)(=O)=O. The minimum absolute atomic E-state index is 0.317. The standard InChI is InChI=1S/C27H25ClN4O4S2/c1-16-18(7-6-8-19(16)28)22-12-13-23(36-22)26-25(21-9-4-5-14-29-21)30-27(37)32(26)17-10-11-20(24(15-17)35-2)31-38(3,33)34/h4-15,25-26,31H,1-3H3,(H,30,37)/t25-,26+/m0/s1. The van der Waals surface area contributed by atoms with Gasteiger partial charge in [0.15, 0.2) is 5.11 Å². The van der Waals surface area contributed by atoms with Gasteiger partial charge in [0.25, 0.3) is 0 Å². The van der Waals surface area contributed by atoms with Crippen LogP contribution in [0.3, 0.4) is 0 Å². The topological polar surface area (TPSA) is 96.7 Å². The fourth-order valence-corrected chi connectivity index (χ4v) is 5.66. The highest BCUT2D eigenvalue weighted by Gasteiger charge is 2.43. The predicted octanol–water partition coefficient (Wildman–Crippen LogP) is 5.86. The number of halogens is 1. The number of benzene rings is 2. The van der Waals surface area contributed by atoms with E-state index >= 15 is 0 Å². The normalized spacial score (nSPS) is 17.4. The second-order valence-electron chi connectivity index (χ2n) is 8.87. The van der Waals surface area contributed by atoms with Crippen molar-refractivity contribution in [1.29, 1.82) is 0 Å². The minimum Gasteiger partial charge on any atom is -0.494 e. The van der Waals surface area contributed by atoms with E-state index in [0.29, 0.717) is 38.8 Å². The van der Waals surface area contributed by atoms with Gasteiger partial charge in [-0.05, 0) is 67.2 Å². The van der Waals surface area contributed by atoms with Crippen molar-refractivity contribution in [2.24, 2.45) is 0 Å². The molecule has 2 atom stereocenters. The second-order valence-corrected chi connectivity index (χ2v) is 11.4. The number of rotatable bonds is 7. The van der Waals surface area contributed by atoms with Crippen LogP contribution in [0.2, 0.25) is 5.02 Å². The molecule has 1 aliphatic heterocycles. The zero-order valence-electron chi connectivity index (χ0n) is 20.8. The molecule has 4 aromatic rings. The first kappa shape index (κ1) is 26.0. The highest BCUT2D eigenvalue weighted by molar-refractivity contribution is 7.92. The molecule has 38 heavy (non-hydrogen) atoms. The minimum atomic E-state index is -3.50. The van der Waals surface area contributed by atoms with Crippen LogP contribution in [0.4, 0.5) is 11.4 Å². The number of aromatic nitrogens is 1. The van der Waals surface area contributed by atoms with Crippen LogP contribution in [-0.2, 0) is 10.0 Å². The Morgan fingerprint density at radius 1 is 1.13 bits per heavy atom. The van der Waals surface area contributed by atoms with Crippen LogP contribution < -0.4 is 19.7 Å². The molecule has 0 radical (unpaired) electrons. The van der Waals surface area contributed by atoms with Gasteiger partial charge in [0.05, 0.1) is 30.8 Å². The monoisotopic (exact) mass is 568 g/mol. The Bertz CT molecular complexity index is 1610. The van der Waals surface area contributed by atoms with Crippen molar-refractivity contribution < 1.29 is 17.6 Å². The van der Waals surface area contributed by atoms with E-state index in [9.17, 15) is 8.42 Å². The fraction of sp³-hybridized carbons (Fsp3) is 0.185. The van der Waals surface area contributed by atoms with Crippen LogP contribution in [0.5, 0.6) is 5.75 Å². The summed E-state index contributed by atoms with van der Waals surface area (Å²) in [5, 5.41) is 4.51. The molecule has 0 unspecified atom stereocenters. The van der Waals surface area contributed by atoms with E-state index in [2.05, 4.69) is 15.0 Å². The van der Waals surface area contributed by atoms with E-state index in [-0.39, 0.29) is 6.04 Å². The maximum Gasteiger partial charge on any atom is 0.229 e. The Morgan fingerprint density at radius 3 is 2.66 bits per heavy atom. The molecule has 0 saturated carbocycles. The van der Waals surface area contributed by atoms with Crippen molar-refractivity contribution in [2.45, 2.75) is 19.0 Å². The smallest absolute Gasteiger partial charge is 0.229 e. The van der Waals surface area contributed by atoms with Gasteiger partial charge in [0, 0.05) is 28.5 Å². The van der Waals surface area contributed by atoms with E-state index in [1.807, 2.05) is 60.4 Å². The van der Waals surface area contributed by atoms with Crippen LogP contribution >= 0.6 is 23.8 Å². The van der Waals surface area contributed by atoms with Gasteiger partial charge < -0.3 is 19.4 Å². The number of methoxy groups -OCH3 is 1. The Kier molecular flexibility index (Phi) is 7.04. The average Bonchev–Trinajstić information content (AvgIpc) is 3.50. The lowest BCUT2D eigenvalue weighted by Gasteiger charge is -2.27. The lowest BCUT2D eigenvalue weighted by Crippen LogP contribution is -2.29. The summed E-state index contributed by atoms with van der Waals surface area (Å²) in [5.41, 5.74) is 3.63. The summed E-state index contributed by atoms with van der Waals surface area (Å²) in [6.45, 7) is 1.95. The number of nitrogens with one attached hydrogen (secondary N) is 2. The number of hydrogen-bond acceptors (Lipinski definition) is 6. The Balaban J connectivity index is 1.61. The largest absolute Gasteiger partial charge is 0.494 e. The van der Waals surface area contributed by atoms with Gasteiger partial charge in [0.1, 0.15) is 23.3 Å². The number of anilines is 2. The van der Waals surface area contributed by atoms with Crippen molar-refractivity contribution in [2.75, 3.05) is 23.0 Å². The van der Waals surface area contributed by atoms with Gasteiger partial charge >= 0.3 is 0 Å². The molecule has 0 amide bonds. The number of thiocarbonyl (C=S) groups is 1. The number of nitrogens with zero attached hydrogens (tertiary/aromatic N) is 2. The predicted molar refractivity (Wildman–Crippen MR) is 153 cm³/mol. The van der Waals surface area contributed by atoms with E-state index < -0.39 is 16.1 Å². The van der Waals surface area contributed by atoms with Gasteiger partial charge in [-0.2, -0.15) is 0 Å². The molecular formula is C27H25ClN4O4S2. The van der Waals surface area contributed by atoms with Gasteiger partial charge in [-0.3, -0.25) is 9.71 Å². The molecule has 1 fully saturated rings. The number of hydrogen-bond donors (Lipinski definition) is 2. The summed E-state index contributed by atoms with van der Waals surface area (Å²) in [6.07, 6.45) is 2.82. The van der Waals surface area contributed by atoms with E-state index in [4.69, 9.17) is 33.0 Å². The lowest BCUT2D eigenvalue weighted by atomic mass is 10.0. The third-order valence-electron chi connectivity index (χ3n) is 6.31. The van der Waals surface area contributed by atoms with E-state index in [1.54, 1.807) is 24.4 Å². The Hall–Kier alpha value is -3.60. The molecule has 3 heterocycles. The van der Waals surface area contributed by atoms with E-state index in [0.717, 1.165) is 23.1 Å². The summed E-state index contributed by atoms with van der Waals surface area (Å²) < 4.78 is 38.1. The maximum atomic E-state index is 11.8. The third kappa shape index (κ3) is 5.07. The number of furan rings is 1. The number of sulfonamides is 1. The first-order valence-corrected chi connectivity index (χ1v) is 14.4. The van der Waals surface area contributed by atoms with Crippen molar-refractivity contribution in [3.63, 3.8) is 0 Å². The molecule has 2 aromatic carbocycles. The van der Waals surface area contributed by atoms with Crippen molar-refractivity contribution >= 4 is 50.3 Å². The van der Waals surface area contributed by atoms with E-state index in [1.165, 1.54) is 7.11 Å². The lowest BCUT2D eigenvalue weighted by molar-refractivity contribution is 0.416. The molecule has 11 heteroatoms. The second kappa shape index (κ2) is 10.3. The molecule has 0 bridgehead atoms. The molecule has 0 spiro atoms. The van der Waals surface area contributed by atoms with Gasteiger partial charge in [-0.1, -0.05) is 29.8 Å². The summed E-state index contributed by atoms with van der Waals surface area (Å²) >= 11 is 12.2. The first-order valence-electron chi connectivity index (χ1n) is 11.7. The highest BCUT2D eigenvalue weighted by Crippen LogP contribution is 2.44. The van der Waals surface area contributed by atoms with Crippen LogP contribution in [0.15, 0.2) is 77.3 Å². The fourth-order valence-electron chi connectivity index (χ4n) is 4.57. The Labute approximate surface area is 231 Å². The van der Waals surface area contributed by atoms with Gasteiger partial charge in [-0.15, -0.1) is 0 Å². The van der Waals surface area contributed by atoms with Crippen molar-refractivity contribution in [1.82, 2.24) is 10.3 Å². The molecule has 2 N–H and O–H groups in total. The van der Waals surface area contributed by atoms with Gasteiger partial charge in [0.2, 0.25) is 10.0 Å².